The van der Waals surface area contributed by atoms with Crippen molar-refractivity contribution in [3.8, 4) is 0 Å². The van der Waals surface area contributed by atoms with Crippen LogP contribution in [-0.4, -0.2) is 58.6 Å². The van der Waals surface area contributed by atoms with E-state index in [9.17, 15) is 19.7 Å². The Labute approximate surface area is 142 Å². The van der Waals surface area contributed by atoms with E-state index in [1.54, 1.807) is 24.3 Å². The van der Waals surface area contributed by atoms with Gasteiger partial charge in [0, 0.05) is 11.5 Å². The highest BCUT2D eigenvalue weighted by molar-refractivity contribution is 6.22. The van der Waals surface area contributed by atoms with Crippen LogP contribution in [0.5, 0.6) is 0 Å². The van der Waals surface area contributed by atoms with Gasteiger partial charge in [-0.25, -0.2) is 14.2 Å². The Morgan fingerprint density at radius 1 is 1.12 bits per heavy atom. The van der Waals surface area contributed by atoms with Gasteiger partial charge >= 0.3 is 6.03 Å². The fraction of sp³-hybridized carbons (Fsp3) is 0.294. The third-order valence-electron chi connectivity index (χ3n) is 5.69. The summed E-state index contributed by atoms with van der Waals surface area (Å²) >= 11 is 0. The monoisotopic (exact) mass is 339 g/mol. The number of carbonyl (C=O) groups is 2. The number of rotatable bonds is 2. The van der Waals surface area contributed by atoms with Crippen LogP contribution in [0.2, 0.25) is 0 Å². The van der Waals surface area contributed by atoms with E-state index in [0.717, 1.165) is 6.54 Å². The summed E-state index contributed by atoms with van der Waals surface area (Å²) in [7, 11) is 0. The average Bonchev–Trinajstić information content (AvgIpc) is 3.26. The fourth-order valence-electron chi connectivity index (χ4n) is 4.49. The minimum absolute atomic E-state index is 0.0293. The predicted octanol–water partition coefficient (Wildman–Crippen LogP) is 1.69. The van der Waals surface area contributed by atoms with Crippen LogP contribution in [0, 0.1) is 10.1 Å². The minimum atomic E-state index is -0.446. The lowest BCUT2D eigenvalue weighted by Crippen LogP contribution is -2.53. The van der Waals surface area contributed by atoms with Crippen molar-refractivity contribution in [2.45, 2.75) is 6.04 Å². The molecule has 3 fully saturated rings. The summed E-state index contributed by atoms with van der Waals surface area (Å²) < 4.78 is 0.171. The van der Waals surface area contributed by atoms with Gasteiger partial charge in [-0.2, -0.15) is 4.90 Å². The van der Waals surface area contributed by atoms with Gasteiger partial charge in [-0.1, -0.05) is 18.2 Å². The largest absolute Gasteiger partial charge is 0.432 e. The van der Waals surface area contributed by atoms with Crippen molar-refractivity contribution in [2.24, 2.45) is 0 Å². The van der Waals surface area contributed by atoms with Crippen LogP contribution in [0.4, 0.5) is 16.2 Å². The lowest BCUT2D eigenvalue weighted by molar-refractivity contribution is -0.837. The zero-order chi connectivity index (χ0) is 17.3. The zero-order valence-corrected chi connectivity index (χ0v) is 13.3. The number of amides is 3. The maximum atomic E-state index is 13.2. The molecular weight excluding hydrogens is 324 g/mol. The molecule has 0 aliphatic carbocycles. The topological polar surface area (TPSA) is 83.8 Å². The molecule has 0 aromatic heterocycles. The maximum Gasteiger partial charge on any atom is 0.432 e. The maximum absolute atomic E-state index is 13.2. The van der Waals surface area contributed by atoms with Crippen molar-refractivity contribution in [2.75, 3.05) is 31.2 Å². The number of piperazine rings is 1. The van der Waals surface area contributed by atoms with Crippen LogP contribution in [0.1, 0.15) is 0 Å². The molecule has 1 spiro atoms. The van der Waals surface area contributed by atoms with Gasteiger partial charge in [0.1, 0.15) is 13.2 Å². The Kier molecular flexibility index (Phi) is 2.68. The van der Waals surface area contributed by atoms with Crippen LogP contribution in [0.15, 0.2) is 36.4 Å². The molecule has 0 saturated carbocycles. The van der Waals surface area contributed by atoms with Crippen molar-refractivity contribution in [3.63, 3.8) is 0 Å². The smallest absolute Gasteiger partial charge is 0.267 e. The number of hydrogen-bond acceptors (Lipinski definition) is 5. The number of nitro groups is 1. The SMILES string of the molecule is O=C1C2CN3CC[N+]2(C3)C(=O)N1c1ccc([N+](=O)[O-])c2ccccc12. The number of imide groups is 1. The van der Waals surface area contributed by atoms with Crippen LogP contribution in [0.3, 0.4) is 0 Å². The molecule has 3 aliphatic rings. The molecule has 0 radical (unpaired) electrons. The fourth-order valence-corrected chi connectivity index (χ4v) is 4.49. The first-order chi connectivity index (χ1) is 12.0. The molecule has 3 amide bonds. The molecule has 2 aromatic rings. The van der Waals surface area contributed by atoms with Gasteiger partial charge in [-0.05, 0) is 12.1 Å². The summed E-state index contributed by atoms with van der Waals surface area (Å²) in [6, 6.07) is 9.16. The van der Waals surface area contributed by atoms with Crippen LogP contribution in [-0.2, 0) is 4.79 Å². The van der Waals surface area contributed by atoms with Gasteiger partial charge in [0.25, 0.3) is 11.6 Å². The molecule has 25 heavy (non-hydrogen) atoms. The Morgan fingerprint density at radius 2 is 1.88 bits per heavy atom. The van der Waals surface area contributed by atoms with Gasteiger partial charge in [-0.15, -0.1) is 0 Å². The Bertz CT molecular complexity index is 974. The lowest BCUT2D eigenvalue weighted by Gasteiger charge is -2.25. The highest BCUT2D eigenvalue weighted by atomic mass is 16.6. The molecular formula is C17H15N4O4+. The van der Waals surface area contributed by atoms with Crippen LogP contribution >= 0.6 is 0 Å². The summed E-state index contributed by atoms with van der Waals surface area (Å²) in [5.74, 6) is -0.203. The second-order valence-corrected chi connectivity index (χ2v) is 6.85. The van der Waals surface area contributed by atoms with E-state index in [0.29, 0.717) is 36.2 Å². The van der Waals surface area contributed by atoms with Gasteiger partial charge in [0.15, 0.2) is 6.04 Å². The number of benzene rings is 2. The van der Waals surface area contributed by atoms with Crippen LogP contribution < -0.4 is 4.90 Å². The molecule has 0 N–H and O–H groups in total. The summed E-state index contributed by atoms with van der Waals surface area (Å²) in [4.78, 5) is 40.4. The molecule has 8 heteroatoms. The number of fused-ring (bicyclic) bond motifs is 2. The molecule has 2 bridgehead atoms. The number of hydrogen-bond donors (Lipinski definition) is 0. The van der Waals surface area contributed by atoms with E-state index >= 15 is 0 Å². The summed E-state index contributed by atoms with van der Waals surface area (Å²) in [6.45, 7) is 2.66. The Morgan fingerprint density at radius 3 is 2.56 bits per heavy atom. The van der Waals surface area contributed by atoms with Gasteiger partial charge in [0.05, 0.1) is 29.1 Å². The molecule has 2 aromatic carbocycles. The highest BCUT2D eigenvalue weighted by Crippen LogP contribution is 2.42. The first-order valence-corrected chi connectivity index (χ1v) is 8.17. The second-order valence-electron chi connectivity index (χ2n) is 6.85. The van der Waals surface area contributed by atoms with Gasteiger partial charge in [0.2, 0.25) is 0 Å². The van der Waals surface area contributed by atoms with E-state index in [2.05, 4.69) is 4.90 Å². The van der Waals surface area contributed by atoms with Gasteiger partial charge in [-0.3, -0.25) is 14.9 Å². The number of carbonyl (C=O) groups excluding carboxylic acids is 2. The first kappa shape index (κ1) is 14.5. The third-order valence-corrected chi connectivity index (χ3v) is 5.69. The van der Waals surface area contributed by atoms with Crippen molar-refractivity contribution < 1.29 is 19.0 Å². The van der Waals surface area contributed by atoms with E-state index < -0.39 is 4.92 Å². The van der Waals surface area contributed by atoms with E-state index in [4.69, 9.17) is 0 Å². The molecule has 3 unspecified atom stereocenters. The third kappa shape index (κ3) is 1.67. The second kappa shape index (κ2) is 4.62. The quantitative estimate of drug-likeness (QED) is 0.360. The predicted molar refractivity (Wildman–Crippen MR) is 88.8 cm³/mol. The van der Waals surface area contributed by atoms with Crippen molar-refractivity contribution in [1.29, 1.82) is 0 Å². The normalized spacial score (nSPS) is 30.3. The average molecular weight is 339 g/mol. The first-order valence-electron chi connectivity index (χ1n) is 8.17. The number of non-ortho nitro benzene ring substituents is 1. The van der Waals surface area contributed by atoms with Crippen molar-refractivity contribution in [1.82, 2.24) is 4.90 Å². The number of nitrogens with zero attached hydrogens (tertiary/aromatic N) is 4. The minimum Gasteiger partial charge on any atom is -0.267 e. The highest BCUT2D eigenvalue weighted by Gasteiger charge is 2.68. The Hall–Kier alpha value is -2.84. The number of anilines is 1. The summed E-state index contributed by atoms with van der Waals surface area (Å²) in [6.07, 6.45) is 0. The standard InChI is InChI=1S/C17H15N4O4/c22-16-15-9-18-7-8-21(15,10-18)17(23)19(16)13-5-6-14(20(24)25)12-4-2-1-3-11(12)13/h1-6,15H,7-10H2/q+1. The molecule has 3 heterocycles. The molecule has 8 nitrogen and oxygen atoms in total. The number of nitro benzene ring substituents is 1. The number of urea groups is 1. The van der Waals surface area contributed by atoms with Crippen molar-refractivity contribution >= 4 is 34.1 Å². The van der Waals surface area contributed by atoms with Crippen molar-refractivity contribution in [3.05, 3.63) is 46.5 Å². The van der Waals surface area contributed by atoms with Crippen LogP contribution in [0.25, 0.3) is 10.8 Å². The van der Waals surface area contributed by atoms with E-state index in [1.807, 2.05) is 0 Å². The lowest BCUT2D eigenvalue weighted by atomic mass is 10.1. The van der Waals surface area contributed by atoms with E-state index in [-0.39, 0.29) is 28.2 Å². The molecule has 5 rings (SSSR count). The Balaban J connectivity index is 1.70. The molecule has 3 saturated heterocycles. The molecule has 3 atom stereocenters. The summed E-state index contributed by atoms with van der Waals surface area (Å²) in [5, 5.41) is 12.3. The zero-order valence-electron chi connectivity index (χ0n) is 13.3. The number of quaternary nitrogens is 1. The summed E-state index contributed by atoms with van der Waals surface area (Å²) in [5.41, 5.74) is 0.412. The van der Waals surface area contributed by atoms with E-state index in [1.165, 1.54) is 17.0 Å². The molecule has 126 valence electrons. The van der Waals surface area contributed by atoms with Gasteiger partial charge < -0.3 is 0 Å². The molecule has 3 aliphatic heterocycles.